The molecule has 0 spiro atoms. The van der Waals surface area contributed by atoms with E-state index >= 15 is 0 Å². The van der Waals surface area contributed by atoms with Crippen LogP contribution >= 0.6 is 0 Å². The lowest BCUT2D eigenvalue weighted by molar-refractivity contribution is 0.0731. The van der Waals surface area contributed by atoms with Gasteiger partial charge in [-0.1, -0.05) is 18.2 Å². The normalized spacial score (nSPS) is 11.6. The van der Waals surface area contributed by atoms with Gasteiger partial charge < -0.3 is 9.80 Å². The van der Waals surface area contributed by atoms with Crippen molar-refractivity contribution in [1.82, 2.24) is 9.80 Å². The Bertz CT molecular complexity index is 865. The molecule has 0 aliphatic heterocycles. The van der Waals surface area contributed by atoms with Crippen LogP contribution in [0.25, 0.3) is 0 Å². The molecule has 0 aromatic heterocycles. The first-order chi connectivity index (χ1) is 12.2. The van der Waals surface area contributed by atoms with Crippen LogP contribution in [-0.2, 0) is 16.4 Å². The summed E-state index contributed by atoms with van der Waals surface area (Å²) in [6, 6.07) is 12.0. The summed E-state index contributed by atoms with van der Waals surface area (Å²) in [5, 5.41) is 0. The standard InChI is InChI=1S/C19H23FN2O3S/c1-21(2)11-12-22(14-15-7-9-17(20)10-8-15)19(23)16-5-4-6-18(13-16)26(3,24)25/h4-10,13H,11-12,14H2,1-3H3. The van der Waals surface area contributed by atoms with E-state index in [2.05, 4.69) is 0 Å². The topological polar surface area (TPSA) is 57.7 Å². The van der Waals surface area contributed by atoms with E-state index in [1.165, 1.54) is 24.3 Å². The number of carbonyl (C=O) groups is 1. The van der Waals surface area contributed by atoms with E-state index in [1.54, 1.807) is 29.2 Å². The first kappa shape index (κ1) is 20.1. The second-order valence-electron chi connectivity index (χ2n) is 6.46. The minimum absolute atomic E-state index is 0.109. The summed E-state index contributed by atoms with van der Waals surface area (Å²) in [4.78, 5) is 16.6. The zero-order valence-corrected chi connectivity index (χ0v) is 16.0. The molecule has 2 aromatic rings. The van der Waals surface area contributed by atoms with Crippen LogP contribution < -0.4 is 0 Å². The molecule has 140 valence electrons. The molecule has 0 radical (unpaired) electrons. The van der Waals surface area contributed by atoms with Crippen LogP contribution in [0.4, 0.5) is 4.39 Å². The fourth-order valence-electron chi connectivity index (χ4n) is 2.43. The van der Waals surface area contributed by atoms with Gasteiger partial charge in [-0.05, 0) is 50.0 Å². The maximum Gasteiger partial charge on any atom is 0.254 e. The highest BCUT2D eigenvalue weighted by molar-refractivity contribution is 7.90. The molecule has 2 aromatic carbocycles. The maximum absolute atomic E-state index is 13.1. The molecular weight excluding hydrogens is 355 g/mol. The van der Waals surface area contributed by atoms with Gasteiger partial charge in [0.05, 0.1) is 4.90 Å². The van der Waals surface area contributed by atoms with Gasteiger partial charge in [-0.2, -0.15) is 0 Å². The van der Waals surface area contributed by atoms with Gasteiger partial charge in [-0.15, -0.1) is 0 Å². The van der Waals surface area contributed by atoms with Crippen LogP contribution in [0.3, 0.4) is 0 Å². The van der Waals surface area contributed by atoms with Crippen molar-refractivity contribution in [2.45, 2.75) is 11.4 Å². The summed E-state index contributed by atoms with van der Waals surface area (Å²) in [6.45, 7) is 1.43. The predicted molar refractivity (Wildman–Crippen MR) is 99.2 cm³/mol. The maximum atomic E-state index is 13.1. The van der Waals surface area contributed by atoms with Crippen LogP contribution in [0.15, 0.2) is 53.4 Å². The number of hydrogen-bond donors (Lipinski definition) is 0. The highest BCUT2D eigenvalue weighted by Gasteiger charge is 2.18. The molecule has 0 aliphatic carbocycles. The molecule has 0 aliphatic rings. The first-order valence-electron chi connectivity index (χ1n) is 8.15. The van der Waals surface area contributed by atoms with Crippen LogP contribution in [-0.4, -0.2) is 57.6 Å². The molecule has 0 saturated carbocycles. The molecular formula is C19H23FN2O3S. The van der Waals surface area contributed by atoms with Gasteiger partial charge in [0.15, 0.2) is 9.84 Å². The summed E-state index contributed by atoms with van der Waals surface area (Å²) in [5.41, 5.74) is 1.12. The van der Waals surface area contributed by atoms with E-state index in [1.807, 2.05) is 19.0 Å². The Kier molecular flexibility index (Phi) is 6.50. The van der Waals surface area contributed by atoms with Gasteiger partial charge in [0, 0.05) is 31.5 Å². The highest BCUT2D eigenvalue weighted by Crippen LogP contribution is 2.15. The Morgan fingerprint density at radius 1 is 1.04 bits per heavy atom. The van der Waals surface area contributed by atoms with Gasteiger partial charge in [-0.25, -0.2) is 12.8 Å². The van der Waals surface area contributed by atoms with Crippen LogP contribution in [0.5, 0.6) is 0 Å². The summed E-state index contributed by atoms with van der Waals surface area (Å²) in [6.07, 6.45) is 1.11. The number of sulfone groups is 1. The molecule has 0 atom stereocenters. The van der Waals surface area contributed by atoms with Gasteiger partial charge in [0.1, 0.15) is 5.82 Å². The molecule has 0 saturated heterocycles. The molecule has 0 fully saturated rings. The van der Waals surface area contributed by atoms with Gasteiger partial charge in [0.2, 0.25) is 0 Å². The number of nitrogens with zero attached hydrogens (tertiary/aromatic N) is 2. The van der Waals surface area contributed by atoms with Gasteiger partial charge in [0.25, 0.3) is 5.91 Å². The highest BCUT2D eigenvalue weighted by atomic mass is 32.2. The van der Waals surface area contributed by atoms with Gasteiger partial charge >= 0.3 is 0 Å². The predicted octanol–water partition coefficient (Wildman–Crippen LogP) is 2.43. The van der Waals surface area contributed by atoms with E-state index in [0.29, 0.717) is 25.2 Å². The van der Waals surface area contributed by atoms with E-state index in [0.717, 1.165) is 11.8 Å². The fourth-order valence-corrected chi connectivity index (χ4v) is 3.09. The van der Waals surface area contributed by atoms with Crippen molar-refractivity contribution in [3.8, 4) is 0 Å². The number of amides is 1. The van der Waals surface area contributed by atoms with E-state index in [4.69, 9.17) is 0 Å². The zero-order chi connectivity index (χ0) is 19.3. The summed E-state index contributed by atoms with van der Waals surface area (Å²) >= 11 is 0. The number of likely N-dealkylation sites (N-methyl/N-ethyl adjacent to an activating group) is 1. The molecule has 5 nitrogen and oxygen atoms in total. The van der Waals surface area contributed by atoms with Crippen molar-refractivity contribution in [3.05, 3.63) is 65.5 Å². The Labute approximate surface area is 154 Å². The average molecular weight is 378 g/mol. The quantitative estimate of drug-likeness (QED) is 0.743. The first-order valence-corrected chi connectivity index (χ1v) is 10.0. The monoisotopic (exact) mass is 378 g/mol. The van der Waals surface area contributed by atoms with E-state index in [9.17, 15) is 17.6 Å². The third-order valence-electron chi connectivity index (χ3n) is 3.90. The van der Waals surface area contributed by atoms with Crippen molar-refractivity contribution in [2.24, 2.45) is 0 Å². The minimum atomic E-state index is -3.39. The van der Waals surface area contributed by atoms with Crippen molar-refractivity contribution in [3.63, 3.8) is 0 Å². The zero-order valence-electron chi connectivity index (χ0n) is 15.1. The van der Waals surface area contributed by atoms with Crippen molar-refractivity contribution in [1.29, 1.82) is 0 Å². The summed E-state index contributed by atoms with van der Waals surface area (Å²) < 4.78 is 36.6. The average Bonchev–Trinajstić information content (AvgIpc) is 2.59. The number of halogens is 1. The van der Waals surface area contributed by atoms with E-state index in [-0.39, 0.29) is 16.6 Å². The lowest BCUT2D eigenvalue weighted by atomic mass is 10.1. The molecule has 0 unspecified atom stereocenters. The molecule has 0 N–H and O–H groups in total. The third kappa shape index (κ3) is 5.64. The molecule has 0 heterocycles. The summed E-state index contributed by atoms with van der Waals surface area (Å²) in [5.74, 6) is -0.595. The van der Waals surface area contributed by atoms with E-state index < -0.39 is 9.84 Å². The van der Waals surface area contributed by atoms with Crippen LogP contribution in [0.1, 0.15) is 15.9 Å². The molecule has 26 heavy (non-hydrogen) atoms. The molecule has 0 bridgehead atoms. The van der Waals surface area contributed by atoms with Gasteiger partial charge in [-0.3, -0.25) is 4.79 Å². The number of benzene rings is 2. The number of carbonyl (C=O) groups excluding carboxylic acids is 1. The Balaban J connectivity index is 2.28. The fraction of sp³-hybridized carbons (Fsp3) is 0.316. The number of hydrogen-bond acceptors (Lipinski definition) is 4. The SMILES string of the molecule is CN(C)CCN(Cc1ccc(F)cc1)C(=O)c1cccc(S(C)(=O)=O)c1. The Hall–Kier alpha value is -2.25. The largest absolute Gasteiger partial charge is 0.333 e. The second kappa shape index (κ2) is 8.42. The Morgan fingerprint density at radius 3 is 2.27 bits per heavy atom. The minimum Gasteiger partial charge on any atom is -0.333 e. The lowest BCUT2D eigenvalue weighted by Gasteiger charge is -2.25. The molecule has 1 amide bonds. The van der Waals surface area contributed by atoms with Crippen LogP contribution in [0.2, 0.25) is 0 Å². The summed E-state index contributed by atoms with van der Waals surface area (Å²) in [7, 11) is 0.421. The van der Waals surface area contributed by atoms with Crippen molar-refractivity contribution < 1.29 is 17.6 Å². The molecule has 7 heteroatoms. The van der Waals surface area contributed by atoms with Crippen molar-refractivity contribution in [2.75, 3.05) is 33.4 Å². The molecule has 2 rings (SSSR count). The Morgan fingerprint density at radius 2 is 1.69 bits per heavy atom. The second-order valence-corrected chi connectivity index (χ2v) is 8.47. The lowest BCUT2D eigenvalue weighted by Crippen LogP contribution is -2.36. The van der Waals surface area contributed by atoms with Crippen molar-refractivity contribution >= 4 is 15.7 Å². The van der Waals surface area contributed by atoms with Crippen LogP contribution in [0, 0.1) is 5.82 Å². The smallest absolute Gasteiger partial charge is 0.254 e. The number of rotatable bonds is 7. The third-order valence-corrected chi connectivity index (χ3v) is 5.01.